The number of halogens is 6. The number of carbonyl (C=O) groups is 3. The summed E-state index contributed by atoms with van der Waals surface area (Å²) in [5, 5.41) is 4.70. The molecule has 3 amide bonds. The molecule has 13 heteroatoms. The number of alkyl carbamates (subject to hydrolysis) is 1. The number of carbonyl (C=O) groups excluding carboxylic acids is 3. The molecule has 2 aromatic rings. The quantitative estimate of drug-likeness (QED) is 0.396. The molecule has 1 aliphatic rings. The number of rotatable bonds is 6. The summed E-state index contributed by atoms with van der Waals surface area (Å²) in [6.07, 6.45) is -11.6. The zero-order valence-electron chi connectivity index (χ0n) is 23.7. The number of benzene rings is 2. The van der Waals surface area contributed by atoms with E-state index in [1.165, 1.54) is 25.7 Å². The third-order valence-corrected chi connectivity index (χ3v) is 6.49. The van der Waals surface area contributed by atoms with Gasteiger partial charge < -0.3 is 20.3 Å². The van der Waals surface area contributed by atoms with E-state index in [1.807, 2.05) is 6.07 Å². The Kier molecular flexibility index (Phi) is 9.53. The van der Waals surface area contributed by atoms with E-state index in [2.05, 4.69) is 10.6 Å². The number of amides is 3. The van der Waals surface area contributed by atoms with E-state index in [-0.39, 0.29) is 18.5 Å². The summed E-state index contributed by atoms with van der Waals surface area (Å²) in [6, 6.07) is 4.79. The zero-order chi connectivity index (χ0) is 31.6. The lowest BCUT2D eigenvalue weighted by Gasteiger charge is -2.30. The molecule has 0 spiro atoms. The molecule has 0 saturated carbocycles. The van der Waals surface area contributed by atoms with Gasteiger partial charge >= 0.3 is 18.4 Å². The van der Waals surface area contributed by atoms with Crippen molar-refractivity contribution in [1.29, 1.82) is 0 Å². The van der Waals surface area contributed by atoms with Crippen LogP contribution in [-0.4, -0.2) is 41.6 Å². The number of ether oxygens (including phenoxy) is 1. The Labute approximate surface area is 239 Å². The van der Waals surface area contributed by atoms with Crippen LogP contribution in [0.15, 0.2) is 42.5 Å². The van der Waals surface area contributed by atoms with Gasteiger partial charge in [-0.05, 0) is 82.9 Å². The van der Waals surface area contributed by atoms with Crippen molar-refractivity contribution in [2.45, 2.75) is 90.0 Å². The summed E-state index contributed by atoms with van der Waals surface area (Å²) in [4.78, 5) is 41.1. The van der Waals surface area contributed by atoms with Gasteiger partial charge in [0.25, 0.3) is 0 Å². The maximum absolute atomic E-state index is 13.8. The summed E-state index contributed by atoms with van der Waals surface area (Å²) < 4.78 is 86.7. The smallest absolute Gasteiger partial charge is 0.416 e. The van der Waals surface area contributed by atoms with Gasteiger partial charge in [-0.15, -0.1) is 0 Å². The number of hydrogen-bond donors (Lipinski definition) is 2. The molecule has 0 saturated heterocycles. The number of hydrogen-bond acceptors (Lipinski definition) is 4. The third-order valence-electron chi connectivity index (χ3n) is 6.49. The van der Waals surface area contributed by atoms with Crippen LogP contribution >= 0.6 is 0 Å². The molecule has 3 rings (SSSR count). The van der Waals surface area contributed by atoms with Crippen molar-refractivity contribution in [1.82, 2.24) is 10.6 Å². The number of alkyl halides is 6. The highest BCUT2D eigenvalue weighted by molar-refractivity contribution is 6.01. The van der Waals surface area contributed by atoms with Crippen LogP contribution in [0, 0.1) is 0 Å². The average molecular weight is 602 g/mol. The standard InChI is InChI=1S/C29H33F6N3O4/c1-16(2)38-23-9-7-6-8-17(23)10-13-21(25(38)40)36-24(39)22(37-26(41)42-27(3,4)5)15-18-14-19(28(30,31)32)11-12-20(18)29(33,34)35/h6-9,11-12,14,16,21-22H,10,13,15H2,1-5H3,(H,36,39)(H,37,41)/t21-,22?/m1/s1. The predicted octanol–water partition coefficient (Wildman–Crippen LogP) is 6.03. The molecule has 230 valence electrons. The molecule has 2 N–H and O–H groups in total. The molecule has 1 aliphatic heterocycles. The summed E-state index contributed by atoms with van der Waals surface area (Å²) in [6.45, 7) is 8.09. The van der Waals surface area contributed by atoms with Crippen LogP contribution < -0.4 is 15.5 Å². The fourth-order valence-electron chi connectivity index (χ4n) is 4.70. The average Bonchev–Trinajstić information content (AvgIpc) is 2.97. The number of nitrogens with one attached hydrogen (secondary N) is 2. The maximum atomic E-state index is 13.8. The van der Waals surface area contributed by atoms with Crippen LogP contribution in [0.4, 0.5) is 36.8 Å². The highest BCUT2D eigenvalue weighted by Gasteiger charge is 2.39. The lowest BCUT2D eigenvalue weighted by molar-refractivity contribution is -0.142. The number of anilines is 1. The van der Waals surface area contributed by atoms with Crippen LogP contribution in [0.3, 0.4) is 0 Å². The normalized spacial score (nSPS) is 16.9. The SMILES string of the molecule is CC(C)N1C(=O)[C@H](NC(=O)C(Cc2cc(C(F)(F)F)ccc2C(F)(F)F)NC(=O)OC(C)(C)C)CCc2ccccc21. The second-order valence-corrected chi connectivity index (χ2v) is 11.3. The van der Waals surface area contributed by atoms with Gasteiger partial charge in [-0.25, -0.2) is 4.79 Å². The van der Waals surface area contributed by atoms with Crippen molar-refractivity contribution < 1.29 is 45.5 Å². The lowest BCUT2D eigenvalue weighted by Crippen LogP contribution is -2.56. The van der Waals surface area contributed by atoms with Crippen LogP contribution in [0.5, 0.6) is 0 Å². The van der Waals surface area contributed by atoms with Gasteiger partial charge in [0.2, 0.25) is 11.8 Å². The Morgan fingerprint density at radius 3 is 2.21 bits per heavy atom. The summed E-state index contributed by atoms with van der Waals surface area (Å²) >= 11 is 0. The molecule has 0 aliphatic carbocycles. The van der Waals surface area contributed by atoms with E-state index in [0.717, 1.165) is 5.56 Å². The van der Waals surface area contributed by atoms with E-state index in [1.54, 1.807) is 32.0 Å². The Morgan fingerprint density at radius 1 is 1.00 bits per heavy atom. The topological polar surface area (TPSA) is 87.7 Å². The van der Waals surface area contributed by atoms with Crippen LogP contribution in [-0.2, 0) is 39.5 Å². The van der Waals surface area contributed by atoms with E-state index >= 15 is 0 Å². The molecule has 1 heterocycles. The van der Waals surface area contributed by atoms with E-state index in [0.29, 0.717) is 24.2 Å². The second kappa shape index (κ2) is 12.2. The molecular weight excluding hydrogens is 568 g/mol. The first kappa shape index (κ1) is 32.7. The fraction of sp³-hybridized carbons (Fsp3) is 0.483. The highest BCUT2D eigenvalue weighted by atomic mass is 19.4. The summed E-state index contributed by atoms with van der Waals surface area (Å²) in [7, 11) is 0. The Morgan fingerprint density at radius 2 is 1.64 bits per heavy atom. The molecule has 1 unspecified atom stereocenters. The minimum absolute atomic E-state index is 0.140. The Hall–Kier alpha value is -3.77. The van der Waals surface area contributed by atoms with Crippen molar-refractivity contribution in [2.75, 3.05) is 4.90 Å². The maximum Gasteiger partial charge on any atom is 0.416 e. The molecule has 0 fully saturated rings. The lowest BCUT2D eigenvalue weighted by atomic mass is 9.96. The Bertz CT molecular complexity index is 1320. The number of para-hydroxylation sites is 1. The number of aryl methyl sites for hydroxylation is 1. The molecular formula is C29H33F6N3O4. The first-order chi connectivity index (χ1) is 19.3. The van der Waals surface area contributed by atoms with Crippen LogP contribution in [0.1, 0.15) is 63.3 Å². The number of nitrogens with zero attached hydrogens (tertiary/aromatic N) is 1. The fourth-order valence-corrected chi connectivity index (χ4v) is 4.70. The van der Waals surface area contributed by atoms with Crippen molar-refractivity contribution in [3.63, 3.8) is 0 Å². The van der Waals surface area contributed by atoms with Crippen molar-refractivity contribution in [3.8, 4) is 0 Å². The molecule has 0 radical (unpaired) electrons. The van der Waals surface area contributed by atoms with Crippen molar-refractivity contribution in [2.24, 2.45) is 0 Å². The largest absolute Gasteiger partial charge is 0.444 e. The van der Waals surface area contributed by atoms with Crippen LogP contribution in [0.25, 0.3) is 0 Å². The summed E-state index contributed by atoms with van der Waals surface area (Å²) in [5.41, 5.74) is -3.18. The van der Waals surface area contributed by atoms with Crippen molar-refractivity contribution in [3.05, 3.63) is 64.7 Å². The van der Waals surface area contributed by atoms with Gasteiger partial charge in [-0.2, -0.15) is 26.3 Å². The van der Waals surface area contributed by atoms with Gasteiger partial charge in [0.15, 0.2) is 0 Å². The molecule has 2 atom stereocenters. The molecule has 7 nitrogen and oxygen atoms in total. The van der Waals surface area contributed by atoms with Gasteiger partial charge in [-0.1, -0.05) is 18.2 Å². The van der Waals surface area contributed by atoms with Gasteiger partial charge in [0.05, 0.1) is 11.1 Å². The van der Waals surface area contributed by atoms with Gasteiger partial charge in [-0.3, -0.25) is 9.59 Å². The van der Waals surface area contributed by atoms with Crippen molar-refractivity contribution >= 4 is 23.6 Å². The van der Waals surface area contributed by atoms with E-state index in [4.69, 9.17) is 4.74 Å². The predicted molar refractivity (Wildman–Crippen MR) is 143 cm³/mol. The number of fused-ring (bicyclic) bond motifs is 1. The molecule has 0 aromatic heterocycles. The first-order valence-corrected chi connectivity index (χ1v) is 13.3. The molecule has 2 aromatic carbocycles. The second-order valence-electron chi connectivity index (χ2n) is 11.3. The molecule has 42 heavy (non-hydrogen) atoms. The van der Waals surface area contributed by atoms with Crippen LogP contribution in [0.2, 0.25) is 0 Å². The van der Waals surface area contributed by atoms with Gasteiger partial charge in [0, 0.05) is 18.2 Å². The third kappa shape index (κ3) is 8.16. The first-order valence-electron chi connectivity index (χ1n) is 13.3. The van der Waals surface area contributed by atoms with E-state index in [9.17, 15) is 40.7 Å². The highest BCUT2D eigenvalue weighted by Crippen LogP contribution is 2.37. The monoisotopic (exact) mass is 601 g/mol. The zero-order valence-corrected chi connectivity index (χ0v) is 23.7. The summed E-state index contributed by atoms with van der Waals surface area (Å²) in [5.74, 6) is -1.53. The van der Waals surface area contributed by atoms with E-state index < -0.39 is 71.1 Å². The minimum Gasteiger partial charge on any atom is -0.444 e. The van der Waals surface area contributed by atoms with Gasteiger partial charge in [0.1, 0.15) is 17.7 Å². The molecule has 0 bridgehead atoms. The Balaban J connectivity index is 1.98. The minimum atomic E-state index is -5.05.